The molecule has 0 spiro atoms. The third kappa shape index (κ3) is 4.91. The minimum atomic E-state index is -0.680. The molecule has 1 aromatic carbocycles. The second-order valence-corrected chi connectivity index (χ2v) is 6.71. The quantitative estimate of drug-likeness (QED) is 0.755. The van der Waals surface area contributed by atoms with Gasteiger partial charge in [-0.25, -0.2) is 9.18 Å². The second kappa shape index (κ2) is 10.0. The number of carbonyl (C=O) groups excluding carboxylic acids is 1. The van der Waals surface area contributed by atoms with Crippen LogP contribution < -0.4 is 10.9 Å². The van der Waals surface area contributed by atoms with E-state index in [1.807, 2.05) is 0 Å². The normalized spacial score (nSPS) is 19.4. The van der Waals surface area contributed by atoms with Crippen LogP contribution >= 0.6 is 24.0 Å². The van der Waals surface area contributed by atoms with Crippen LogP contribution in [0.4, 0.5) is 4.39 Å². The maximum Gasteiger partial charge on any atom is 0.343 e. The number of hydrogen-bond donors (Lipinski definition) is 1. The third-order valence-electron chi connectivity index (χ3n) is 4.54. The highest BCUT2D eigenvalue weighted by atomic mass is 35.5. The van der Waals surface area contributed by atoms with Gasteiger partial charge in [-0.05, 0) is 29.8 Å². The van der Waals surface area contributed by atoms with Gasteiger partial charge in [0.05, 0.1) is 24.8 Å². The van der Waals surface area contributed by atoms with Crippen molar-refractivity contribution in [2.75, 3.05) is 26.8 Å². The van der Waals surface area contributed by atoms with Crippen molar-refractivity contribution < 1.29 is 18.7 Å². The molecule has 1 N–H and O–H groups in total. The average Bonchev–Trinajstić information content (AvgIpc) is 2.90. The van der Waals surface area contributed by atoms with E-state index in [1.54, 1.807) is 18.3 Å². The first kappa shape index (κ1) is 22.4. The number of ether oxygens (including phenoxy) is 2. The number of aromatic nitrogens is 1. The maximum atomic E-state index is 13.9. The highest BCUT2D eigenvalue weighted by molar-refractivity contribution is 6.30. The van der Waals surface area contributed by atoms with Gasteiger partial charge in [-0.1, -0.05) is 17.7 Å². The van der Waals surface area contributed by atoms with Crippen molar-refractivity contribution in [1.82, 2.24) is 9.88 Å². The van der Waals surface area contributed by atoms with Crippen LogP contribution in [0.5, 0.6) is 0 Å². The van der Waals surface area contributed by atoms with Crippen LogP contribution in [-0.2, 0) is 16.0 Å². The number of rotatable bonds is 4. The number of benzene rings is 1. The first-order valence-electron chi connectivity index (χ1n) is 8.56. The summed E-state index contributed by atoms with van der Waals surface area (Å²) in [6.45, 7) is 1.98. The number of methoxy groups -OCH3 is 1. The van der Waals surface area contributed by atoms with Gasteiger partial charge >= 0.3 is 5.97 Å². The number of pyridine rings is 1. The standard InChI is InChI=1S/C19H20ClFN2O4.ClH/c1-26-19(25)14-3-2-7-23(18(14)24)11-13-10-22-6-8-27-17(13)12-4-5-15(20)16(21)9-12;/h2-5,7,9,13,17,22H,6,8,10-11H2,1H3;1H/t13-,17-;/m0./s1. The van der Waals surface area contributed by atoms with Gasteiger partial charge in [0.1, 0.15) is 11.4 Å². The lowest BCUT2D eigenvalue weighted by Gasteiger charge is -2.26. The highest BCUT2D eigenvalue weighted by Crippen LogP contribution is 2.30. The summed E-state index contributed by atoms with van der Waals surface area (Å²) in [5.41, 5.74) is 0.189. The first-order chi connectivity index (χ1) is 13.0. The molecule has 1 aromatic heterocycles. The molecule has 3 rings (SSSR count). The van der Waals surface area contributed by atoms with Crippen molar-refractivity contribution in [3.8, 4) is 0 Å². The van der Waals surface area contributed by atoms with Crippen LogP contribution in [0.1, 0.15) is 22.0 Å². The van der Waals surface area contributed by atoms with Crippen molar-refractivity contribution in [1.29, 1.82) is 0 Å². The van der Waals surface area contributed by atoms with E-state index in [-0.39, 0.29) is 28.9 Å². The molecule has 28 heavy (non-hydrogen) atoms. The number of carbonyl (C=O) groups is 1. The molecule has 1 aliphatic heterocycles. The summed E-state index contributed by atoms with van der Waals surface area (Å²) in [4.78, 5) is 24.4. The van der Waals surface area contributed by atoms with Gasteiger partial charge in [-0.3, -0.25) is 4.79 Å². The predicted molar refractivity (Wildman–Crippen MR) is 106 cm³/mol. The van der Waals surface area contributed by atoms with E-state index < -0.39 is 23.4 Å². The van der Waals surface area contributed by atoms with Crippen LogP contribution in [0, 0.1) is 11.7 Å². The van der Waals surface area contributed by atoms with Crippen LogP contribution in [-0.4, -0.2) is 37.3 Å². The van der Waals surface area contributed by atoms with Gasteiger partial charge in [0.15, 0.2) is 0 Å². The SMILES string of the molecule is COC(=O)c1cccn(C[C@@H]2CNCCO[C@H]2c2ccc(Cl)c(F)c2)c1=O.Cl. The number of nitrogens with one attached hydrogen (secondary N) is 1. The summed E-state index contributed by atoms with van der Waals surface area (Å²) >= 11 is 5.78. The topological polar surface area (TPSA) is 69.6 Å². The van der Waals surface area contributed by atoms with E-state index in [0.717, 1.165) is 0 Å². The van der Waals surface area contributed by atoms with Crippen LogP contribution in [0.3, 0.4) is 0 Å². The molecule has 152 valence electrons. The predicted octanol–water partition coefficient (Wildman–Crippen LogP) is 2.83. The van der Waals surface area contributed by atoms with Gasteiger partial charge in [0.2, 0.25) is 0 Å². The smallest absolute Gasteiger partial charge is 0.343 e. The summed E-state index contributed by atoms with van der Waals surface area (Å²) < 4.78 is 26.0. The molecular weight excluding hydrogens is 410 g/mol. The van der Waals surface area contributed by atoms with Crippen LogP contribution in [0.2, 0.25) is 5.02 Å². The average molecular weight is 431 g/mol. The Bertz CT molecular complexity index is 890. The number of nitrogens with zero attached hydrogens (tertiary/aromatic N) is 1. The van der Waals surface area contributed by atoms with Crippen molar-refractivity contribution >= 4 is 30.0 Å². The Morgan fingerprint density at radius 2 is 2.21 bits per heavy atom. The molecule has 1 saturated heterocycles. The Labute approximate surface area is 173 Å². The molecule has 0 unspecified atom stereocenters. The maximum absolute atomic E-state index is 13.9. The Kier molecular flexibility index (Phi) is 8.00. The Morgan fingerprint density at radius 3 is 2.93 bits per heavy atom. The molecule has 2 heterocycles. The molecule has 9 heteroatoms. The summed E-state index contributed by atoms with van der Waals surface area (Å²) in [6.07, 6.45) is 1.19. The zero-order chi connectivity index (χ0) is 19.4. The Hall–Kier alpha value is -1.93. The van der Waals surface area contributed by atoms with E-state index in [9.17, 15) is 14.0 Å². The van der Waals surface area contributed by atoms with Gasteiger partial charge < -0.3 is 19.4 Å². The molecule has 0 saturated carbocycles. The fourth-order valence-corrected chi connectivity index (χ4v) is 3.32. The van der Waals surface area contributed by atoms with E-state index in [0.29, 0.717) is 31.8 Å². The van der Waals surface area contributed by atoms with E-state index in [1.165, 1.54) is 29.9 Å². The molecule has 1 fully saturated rings. The number of hydrogen-bond acceptors (Lipinski definition) is 5. The summed E-state index contributed by atoms with van der Waals surface area (Å²) in [5.74, 6) is -1.35. The molecule has 6 nitrogen and oxygen atoms in total. The zero-order valence-corrected chi connectivity index (χ0v) is 16.8. The monoisotopic (exact) mass is 430 g/mol. The lowest BCUT2D eigenvalue weighted by molar-refractivity contribution is 0.0248. The molecule has 0 amide bonds. The van der Waals surface area contributed by atoms with E-state index in [4.69, 9.17) is 16.3 Å². The fraction of sp³-hybridized carbons (Fsp3) is 0.368. The third-order valence-corrected chi connectivity index (χ3v) is 4.85. The molecule has 2 aromatic rings. The lowest BCUT2D eigenvalue weighted by Crippen LogP contribution is -2.34. The van der Waals surface area contributed by atoms with E-state index in [2.05, 4.69) is 10.1 Å². The largest absolute Gasteiger partial charge is 0.465 e. The van der Waals surface area contributed by atoms with Crippen molar-refractivity contribution in [3.63, 3.8) is 0 Å². The molecule has 0 radical (unpaired) electrons. The molecule has 0 aliphatic carbocycles. The van der Waals surface area contributed by atoms with Crippen molar-refractivity contribution in [3.05, 3.63) is 68.8 Å². The van der Waals surface area contributed by atoms with Gasteiger partial charge in [-0.15, -0.1) is 12.4 Å². The van der Waals surface area contributed by atoms with Gasteiger partial charge in [0, 0.05) is 31.7 Å². The zero-order valence-electron chi connectivity index (χ0n) is 15.2. The summed E-state index contributed by atoms with van der Waals surface area (Å²) in [6, 6.07) is 7.63. The molecule has 2 atom stereocenters. The van der Waals surface area contributed by atoms with Gasteiger partial charge in [0.25, 0.3) is 5.56 Å². The Morgan fingerprint density at radius 1 is 1.43 bits per heavy atom. The highest BCUT2D eigenvalue weighted by Gasteiger charge is 2.28. The van der Waals surface area contributed by atoms with Gasteiger partial charge in [-0.2, -0.15) is 0 Å². The molecular formula is C19H21Cl2FN2O4. The fourth-order valence-electron chi connectivity index (χ4n) is 3.21. The van der Waals surface area contributed by atoms with Crippen molar-refractivity contribution in [2.45, 2.75) is 12.6 Å². The minimum absolute atomic E-state index is 0. The second-order valence-electron chi connectivity index (χ2n) is 6.30. The molecule has 1 aliphatic rings. The summed E-state index contributed by atoms with van der Waals surface area (Å²) in [7, 11) is 1.23. The molecule has 0 bridgehead atoms. The Balaban J connectivity index is 0.00000280. The number of esters is 1. The lowest BCUT2D eigenvalue weighted by atomic mass is 9.95. The van der Waals surface area contributed by atoms with Crippen LogP contribution in [0.25, 0.3) is 0 Å². The minimum Gasteiger partial charge on any atom is -0.465 e. The number of halogens is 3. The van der Waals surface area contributed by atoms with Crippen molar-refractivity contribution in [2.24, 2.45) is 5.92 Å². The first-order valence-corrected chi connectivity index (χ1v) is 8.94. The summed E-state index contributed by atoms with van der Waals surface area (Å²) in [5, 5.41) is 3.30. The van der Waals surface area contributed by atoms with E-state index >= 15 is 0 Å². The van der Waals surface area contributed by atoms with Crippen LogP contribution in [0.15, 0.2) is 41.3 Å².